The number of imidazole rings is 1. The highest BCUT2D eigenvalue weighted by Crippen LogP contribution is 2.18. The van der Waals surface area contributed by atoms with Crippen molar-refractivity contribution in [1.82, 2.24) is 29.5 Å². The monoisotopic (exact) mass is 271 g/mol. The second-order valence-corrected chi connectivity index (χ2v) is 5.39. The van der Waals surface area contributed by atoms with Gasteiger partial charge in [0.2, 0.25) is 0 Å². The number of nitrogens with zero attached hydrogens (tertiary/aromatic N) is 4. The number of hydrogen-bond acceptors (Lipinski definition) is 6. The number of nitrogens with two attached hydrogens (primary N) is 1. The van der Waals surface area contributed by atoms with Crippen LogP contribution in [-0.2, 0) is 17.1 Å². The van der Waals surface area contributed by atoms with E-state index in [0.717, 1.165) is 0 Å². The summed E-state index contributed by atoms with van der Waals surface area (Å²) in [4.78, 5) is 7.62. The minimum absolute atomic E-state index is 0.0465. The number of rotatable bonds is 4. The lowest BCUT2D eigenvalue weighted by molar-refractivity contribution is 0.552. The quantitative estimate of drug-likeness (QED) is 0.664. The van der Waals surface area contributed by atoms with Crippen LogP contribution in [0.2, 0.25) is 0 Å². The Bertz CT molecular complexity index is 611. The Labute approximate surface area is 103 Å². The summed E-state index contributed by atoms with van der Waals surface area (Å²) >= 11 is 0. The highest BCUT2D eigenvalue weighted by molar-refractivity contribution is 7.89. The Kier molecular flexibility index (Phi) is 3.05. The van der Waals surface area contributed by atoms with E-state index in [1.165, 1.54) is 17.2 Å². The first-order valence-corrected chi connectivity index (χ1v) is 6.54. The highest BCUT2D eigenvalue weighted by atomic mass is 32.2. The fourth-order valence-electron chi connectivity index (χ4n) is 1.53. The SMILES string of the molecule is CC(NS(=O)(=O)c1c(N)ncn1C)c1ncn[nH]1. The Morgan fingerprint density at radius 3 is 2.72 bits per heavy atom. The molecule has 2 heterocycles. The fourth-order valence-corrected chi connectivity index (χ4v) is 2.98. The van der Waals surface area contributed by atoms with E-state index < -0.39 is 16.1 Å². The van der Waals surface area contributed by atoms with E-state index in [9.17, 15) is 8.42 Å². The summed E-state index contributed by atoms with van der Waals surface area (Å²) in [7, 11) is -2.21. The molecule has 2 aromatic heterocycles. The van der Waals surface area contributed by atoms with Gasteiger partial charge in [-0.3, -0.25) is 5.10 Å². The Hall–Kier alpha value is -1.94. The predicted octanol–water partition coefficient (Wildman–Crippen LogP) is -0.840. The van der Waals surface area contributed by atoms with Gasteiger partial charge in [0.05, 0.1) is 12.4 Å². The third-order valence-electron chi connectivity index (χ3n) is 2.34. The molecule has 0 aliphatic carbocycles. The van der Waals surface area contributed by atoms with Crippen LogP contribution < -0.4 is 10.5 Å². The van der Waals surface area contributed by atoms with Crippen LogP contribution in [0.1, 0.15) is 18.8 Å². The minimum atomic E-state index is -3.77. The first kappa shape index (κ1) is 12.5. The van der Waals surface area contributed by atoms with Gasteiger partial charge in [-0.05, 0) is 6.92 Å². The van der Waals surface area contributed by atoms with Gasteiger partial charge in [-0.15, -0.1) is 0 Å². The summed E-state index contributed by atoms with van der Waals surface area (Å²) in [5.74, 6) is 0.370. The molecule has 0 aliphatic rings. The predicted molar refractivity (Wildman–Crippen MR) is 62.7 cm³/mol. The molecule has 0 bridgehead atoms. The molecule has 0 aromatic carbocycles. The summed E-state index contributed by atoms with van der Waals surface area (Å²) in [6, 6.07) is -0.549. The van der Waals surface area contributed by atoms with E-state index in [-0.39, 0.29) is 10.8 Å². The Morgan fingerprint density at radius 1 is 1.50 bits per heavy atom. The molecule has 0 spiro atoms. The van der Waals surface area contributed by atoms with Crippen LogP contribution in [0.4, 0.5) is 5.82 Å². The molecule has 98 valence electrons. The van der Waals surface area contributed by atoms with Crippen molar-refractivity contribution in [3.8, 4) is 0 Å². The lowest BCUT2D eigenvalue weighted by atomic mass is 10.3. The number of anilines is 1. The summed E-state index contributed by atoms with van der Waals surface area (Å²) in [6.45, 7) is 1.64. The summed E-state index contributed by atoms with van der Waals surface area (Å²) < 4.78 is 28.0. The zero-order valence-electron chi connectivity index (χ0n) is 9.82. The third kappa shape index (κ3) is 2.19. The van der Waals surface area contributed by atoms with E-state index in [0.29, 0.717) is 5.82 Å². The van der Waals surface area contributed by atoms with Crippen LogP contribution in [0.5, 0.6) is 0 Å². The summed E-state index contributed by atoms with van der Waals surface area (Å²) in [6.07, 6.45) is 2.64. The molecule has 2 rings (SSSR count). The largest absolute Gasteiger partial charge is 0.381 e. The molecule has 0 saturated heterocycles. The molecule has 0 saturated carbocycles. The van der Waals surface area contributed by atoms with Crippen molar-refractivity contribution in [3.05, 3.63) is 18.5 Å². The van der Waals surface area contributed by atoms with Crippen molar-refractivity contribution < 1.29 is 8.42 Å². The van der Waals surface area contributed by atoms with E-state index >= 15 is 0 Å². The van der Waals surface area contributed by atoms with Crippen LogP contribution in [-0.4, -0.2) is 33.2 Å². The van der Waals surface area contributed by atoms with Crippen molar-refractivity contribution >= 4 is 15.8 Å². The molecule has 1 unspecified atom stereocenters. The molecule has 4 N–H and O–H groups in total. The molecule has 0 aliphatic heterocycles. The molecule has 1 atom stereocenters. The average molecular weight is 271 g/mol. The van der Waals surface area contributed by atoms with Crippen LogP contribution >= 0.6 is 0 Å². The van der Waals surface area contributed by atoms with Crippen LogP contribution in [0.15, 0.2) is 17.7 Å². The molecule has 0 amide bonds. The minimum Gasteiger partial charge on any atom is -0.381 e. The molecule has 9 nitrogen and oxygen atoms in total. The zero-order chi connectivity index (χ0) is 13.3. The number of hydrogen-bond donors (Lipinski definition) is 3. The second-order valence-electron chi connectivity index (χ2n) is 3.76. The molecular weight excluding hydrogens is 258 g/mol. The number of sulfonamides is 1. The molecule has 0 fully saturated rings. The molecular formula is C8H13N7O2S. The van der Waals surface area contributed by atoms with Gasteiger partial charge in [-0.1, -0.05) is 0 Å². The van der Waals surface area contributed by atoms with Gasteiger partial charge in [-0.2, -0.15) is 9.82 Å². The number of aromatic amines is 1. The maximum atomic E-state index is 12.1. The maximum Gasteiger partial charge on any atom is 0.260 e. The van der Waals surface area contributed by atoms with Gasteiger partial charge in [0.1, 0.15) is 12.2 Å². The van der Waals surface area contributed by atoms with Gasteiger partial charge < -0.3 is 10.3 Å². The Morgan fingerprint density at radius 2 is 2.22 bits per heavy atom. The third-order valence-corrected chi connectivity index (χ3v) is 4.01. The first-order valence-electron chi connectivity index (χ1n) is 5.06. The smallest absolute Gasteiger partial charge is 0.260 e. The van der Waals surface area contributed by atoms with Crippen LogP contribution in [0, 0.1) is 0 Å². The Balaban J connectivity index is 2.28. The maximum absolute atomic E-state index is 12.1. The molecule has 2 aromatic rings. The number of nitrogen functional groups attached to an aromatic ring is 1. The van der Waals surface area contributed by atoms with E-state index in [2.05, 4.69) is 24.9 Å². The van der Waals surface area contributed by atoms with Crippen LogP contribution in [0.25, 0.3) is 0 Å². The summed E-state index contributed by atoms with van der Waals surface area (Å²) in [5.41, 5.74) is 5.54. The fraction of sp³-hybridized carbons (Fsp3) is 0.375. The number of aromatic nitrogens is 5. The molecule has 18 heavy (non-hydrogen) atoms. The lowest BCUT2D eigenvalue weighted by Crippen LogP contribution is -2.29. The van der Waals surface area contributed by atoms with Gasteiger partial charge in [0.15, 0.2) is 10.8 Å². The van der Waals surface area contributed by atoms with Crippen LogP contribution in [0.3, 0.4) is 0 Å². The zero-order valence-corrected chi connectivity index (χ0v) is 10.6. The van der Waals surface area contributed by atoms with Crippen molar-refractivity contribution in [3.63, 3.8) is 0 Å². The topological polar surface area (TPSA) is 132 Å². The first-order chi connectivity index (χ1) is 8.42. The van der Waals surface area contributed by atoms with E-state index in [1.54, 1.807) is 14.0 Å². The van der Waals surface area contributed by atoms with Crippen molar-refractivity contribution in [2.24, 2.45) is 7.05 Å². The normalized spacial score (nSPS) is 13.7. The second kappa shape index (κ2) is 4.38. The van der Waals surface area contributed by atoms with E-state index in [1.807, 2.05) is 0 Å². The standard InChI is InChI=1S/C8H13N7O2S/c1-5(7-10-3-12-13-7)14-18(16,17)8-6(9)11-4-15(8)2/h3-5,14H,9H2,1-2H3,(H,10,12,13). The van der Waals surface area contributed by atoms with Crippen molar-refractivity contribution in [1.29, 1.82) is 0 Å². The van der Waals surface area contributed by atoms with E-state index in [4.69, 9.17) is 5.73 Å². The van der Waals surface area contributed by atoms with Gasteiger partial charge in [-0.25, -0.2) is 18.4 Å². The lowest BCUT2D eigenvalue weighted by Gasteiger charge is -2.12. The van der Waals surface area contributed by atoms with Gasteiger partial charge in [0.25, 0.3) is 10.0 Å². The highest BCUT2D eigenvalue weighted by Gasteiger charge is 2.25. The van der Waals surface area contributed by atoms with Gasteiger partial charge >= 0.3 is 0 Å². The van der Waals surface area contributed by atoms with Crippen molar-refractivity contribution in [2.45, 2.75) is 18.0 Å². The average Bonchev–Trinajstić information content (AvgIpc) is 2.87. The molecule has 10 heteroatoms. The number of H-pyrrole nitrogens is 1. The van der Waals surface area contributed by atoms with Gasteiger partial charge in [0, 0.05) is 7.05 Å². The van der Waals surface area contributed by atoms with Crippen molar-refractivity contribution in [2.75, 3.05) is 5.73 Å². The summed E-state index contributed by atoms with van der Waals surface area (Å²) in [5, 5.41) is 6.18. The number of nitrogens with one attached hydrogen (secondary N) is 2. The molecule has 0 radical (unpaired) electrons. The number of aryl methyl sites for hydroxylation is 1.